The number of nitrogens with one attached hydrogen (secondary N) is 1. The minimum atomic E-state index is -0.453. The number of fused-ring (bicyclic) bond motifs is 1. The highest BCUT2D eigenvalue weighted by Gasteiger charge is 2.29. The third kappa shape index (κ3) is 3.54. The van der Waals surface area contributed by atoms with E-state index in [1.807, 2.05) is 12.1 Å². The van der Waals surface area contributed by atoms with Crippen molar-refractivity contribution in [3.8, 4) is 5.75 Å². The summed E-state index contributed by atoms with van der Waals surface area (Å²) in [6.07, 6.45) is 0.124. The van der Waals surface area contributed by atoms with Gasteiger partial charge in [0.2, 0.25) is 0 Å². The van der Waals surface area contributed by atoms with Gasteiger partial charge in [-0.25, -0.2) is 0 Å². The zero-order valence-electron chi connectivity index (χ0n) is 12.7. The van der Waals surface area contributed by atoms with Crippen molar-refractivity contribution < 1.29 is 14.3 Å². The van der Waals surface area contributed by atoms with Gasteiger partial charge in [-0.05, 0) is 30.7 Å². The molecule has 120 valence electrons. The summed E-state index contributed by atoms with van der Waals surface area (Å²) in [5, 5.41) is 3.66. The lowest BCUT2D eigenvalue weighted by atomic mass is 10.1. The van der Waals surface area contributed by atoms with Crippen LogP contribution in [-0.4, -0.2) is 55.8 Å². The lowest BCUT2D eigenvalue weighted by Gasteiger charge is -2.32. The number of rotatable bonds is 4. The van der Waals surface area contributed by atoms with Gasteiger partial charge in [-0.2, -0.15) is 0 Å². The maximum absolute atomic E-state index is 12.3. The summed E-state index contributed by atoms with van der Waals surface area (Å²) in [7, 11) is 0. The Hall–Kier alpha value is -1.30. The molecule has 0 spiro atoms. The number of benzene rings is 1. The Balaban J connectivity index is 1.49. The average molecular weight is 325 g/mol. The fourth-order valence-corrected chi connectivity index (χ4v) is 3.07. The molecule has 1 saturated heterocycles. The second-order valence-corrected chi connectivity index (χ2v) is 6.24. The molecular weight excluding hydrogens is 304 g/mol. The van der Waals surface area contributed by atoms with Gasteiger partial charge in [0.1, 0.15) is 5.75 Å². The highest BCUT2D eigenvalue weighted by atomic mass is 35.5. The summed E-state index contributed by atoms with van der Waals surface area (Å²) >= 11 is 5.97. The summed E-state index contributed by atoms with van der Waals surface area (Å²) in [6.45, 7) is 6.10. The molecule has 0 bridgehead atoms. The third-order valence-corrected chi connectivity index (χ3v) is 4.47. The van der Waals surface area contributed by atoms with Crippen LogP contribution in [0.5, 0.6) is 5.75 Å². The summed E-state index contributed by atoms with van der Waals surface area (Å²) in [6, 6.07) is 5.76. The summed E-state index contributed by atoms with van der Waals surface area (Å²) in [5.41, 5.74) is 0.994. The largest absolute Gasteiger partial charge is 0.480 e. The first-order chi connectivity index (χ1) is 10.6. The third-order valence-electron chi connectivity index (χ3n) is 4.23. The number of nitrogens with zero attached hydrogens (tertiary/aromatic N) is 1. The molecule has 1 aromatic carbocycles. The molecule has 0 saturated carbocycles. The number of carbonyl (C=O) groups excluding carboxylic acids is 1. The number of halogens is 1. The van der Waals surface area contributed by atoms with E-state index in [0.29, 0.717) is 24.0 Å². The van der Waals surface area contributed by atoms with E-state index in [1.54, 1.807) is 6.07 Å². The van der Waals surface area contributed by atoms with Crippen molar-refractivity contribution in [2.24, 2.45) is 0 Å². The summed E-state index contributed by atoms with van der Waals surface area (Å²) in [5.74, 6) is 0.693. The second kappa shape index (κ2) is 6.86. The van der Waals surface area contributed by atoms with E-state index in [1.165, 1.54) is 0 Å². The van der Waals surface area contributed by atoms with Crippen molar-refractivity contribution in [1.29, 1.82) is 0 Å². The maximum atomic E-state index is 12.3. The normalized spacial score (nSPS) is 22.7. The van der Waals surface area contributed by atoms with Gasteiger partial charge in [0, 0.05) is 37.1 Å². The Morgan fingerprint density at radius 3 is 3.00 bits per heavy atom. The van der Waals surface area contributed by atoms with Gasteiger partial charge in [-0.3, -0.25) is 9.69 Å². The monoisotopic (exact) mass is 324 g/mol. The summed E-state index contributed by atoms with van der Waals surface area (Å²) in [4.78, 5) is 14.6. The Morgan fingerprint density at radius 2 is 2.23 bits per heavy atom. The van der Waals surface area contributed by atoms with Gasteiger partial charge in [0.05, 0.1) is 13.2 Å². The standard InChI is InChI=1S/C16H21ClN2O3/c1-11(19-4-6-21-7-5-19)10-18-16(20)15-9-12-8-13(17)2-3-14(12)22-15/h2-3,8,11,15H,4-7,9-10H2,1H3,(H,18,20). The van der Waals surface area contributed by atoms with Crippen LogP contribution < -0.4 is 10.1 Å². The van der Waals surface area contributed by atoms with Crippen LogP contribution in [0.1, 0.15) is 12.5 Å². The van der Waals surface area contributed by atoms with E-state index in [-0.39, 0.29) is 5.91 Å². The number of amides is 1. The lowest BCUT2D eigenvalue weighted by Crippen LogP contribution is -2.49. The van der Waals surface area contributed by atoms with Crippen LogP contribution in [0, 0.1) is 0 Å². The molecule has 2 unspecified atom stereocenters. The maximum Gasteiger partial charge on any atom is 0.261 e. The average Bonchev–Trinajstić information content (AvgIpc) is 2.96. The minimum Gasteiger partial charge on any atom is -0.480 e. The van der Waals surface area contributed by atoms with Crippen LogP contribution in [0.3, 0.4) is 0 Å². The Bertz CT molecular complexity index is 546. The molecule has 2 atom stereocenters. The molecule has 1 fully saturated rings. The molecule has 2 aliphatic rings. The number of morpholine rings is 1. The molecule has 5 nitrogen and oxygen atoms in total. The minimum absolute atomic E-state index is 0.0626. The van der Waals surface area contributed by atoms with Crippen molar-refractivity contribution in [3.05, 3.63) is 28.8 Å². The van der Waals surface area contributed by atoms with Gasteiger partial charge in [-0.1, -0.05) is 11.6 Å². The Morgan fingerprint density at radius 1 is 1.45 bits per heavy atom. The molecular formula is C16H21ClN2O3. The van der Waals surface area contributed by atoms with Gasteiger partial charge in [0.15, 0.2) is 6.10 Å². The van der Waals surface area contributed by atoms with Gasteiger partial charge < -0.3 is 14.8 Å². The molecule has 3 rings (SSSR count). The fourth-order valence-electron chi connectivity index (χ4n) is 2.87. The van der Waals surface area contributed by atoms with Crippen LogP contribution in [0.15, 0.2) is 18.2 Å². The zero-order valence-corrected chi connectivity index (χ0v) is 13.4. The van der Waals surface area contributed by atoms with E-state index in [0.717, 1.165) is 37.6 Å². The molecule has 1 aromatic rings. The predicted molar refractivity (Wildman–Crippen MR) is 84.4 cm³/mol. The van der Waals surface area contributed by atoms with Crippen LogP contribution >= 0.6 is 11.6 Å². The first-order valence-electron chi connectivity index (χ1n) is 7.68. The summed E-state index contributed by atoms with van der Waals surface area (Å²) < 4.78 is 11.0. The SMILES string of the molecule is CC(CNC(=O)C1Cc2cc(Cl)ccc2O1)N1CCOCC1. The number of hydrogen-bond donors (Lipinski definition) is 1. The molecule has 2 heterocycles. The van der Waals surface area contributed by atoms with E-state index in [2.05, 4.69) is 17.1 Å². The topological polar surface area (TPSA) is 50.8 Å². The molecule has 0 aliphatic carbocycles. The predicted octanol–water partition coefficient (Wildman–Crippen LogP) is 1.48. The lowest BCUT2D eigenvalue weighted by molar-refractivity contribution is -0.127. The number of ether oxygens (including phenoxy) is 2. The molecule has 0 radical (unpaired) electrons. The fraction of sp³-hybridized carbons (Fsp3) is 0.562. The van der Waals surface area contributed by atoms with E-state index < -0.39 is 6.10 Å². The molecule has 1 N–H and O–H groups in total. The van der Waals surface area contributed by atoms with E-state index in [4.69, 9.17) is 21.1 Å². The highest BCUT2D eigenvalue weighted by Crippen LogP contribution is 2.31. The smallest absolute Gasteiger partial charge is 0.261 e. The first-order valence-corrected chi connectivity index (χ1v) is 8.06. The van der Waals surface area contributed by atoms with Crippen LogP contribution in [0.25, 0.3) is 0 Å². The molecule has 0 aromatic heterocycles. The van der Waals surface area contributed by atoms with Gasteiger partial charge >= 0.3 is 0 Å². The van der Waals surface area contributed by atoms with Crippen molar-refractivity contribution >= 4 is 17.5 Å². The number of hydrogen-bond acceptors (Lipinski definition) is 4. The Labute approximate surface area is 135 Å². The zero-order chi connectivity index (χ0) is 15.5. The van der Waals surface area contributed by atoms with Crippen molar-refractivity contribution in [2.75, 3.05) is 32.8 Å². The molecule has 22 heavy (non-hydrogen) atoms. The van der Waals surface area contributed by atoms with Crippen LogP contribution in [0.2, 0.25) is 5.02 Å². The Kier molecular flexibility index (Phi) is 4.86. The molecule has 1 amide bonds. The van der Waals surface area contributed by atoms with E-state index >= 15 is 0 Å². The van der Waals surface area contributed by atoms with Crippen LogP contribution in [0.4, 0.5) is 0 Å². The van der Waals surface area contributed by atoms with Crippen molar-refractivity contribution in [2.45, 2.75) is 25.5 Å². The first kappa shape index (κ1) is 15.6. The number of carbonyl (C=O) groups is 1. The van der Waals surface area contributed by atoms with Crippen molar-refractivity contribution in [1.82, 2.24) is 10.2 Å². The highest BCUT2D eigenvalue weighted by molar-refractivity contribution is 6.30. The molecule has 6 heteroatoms. The quantitative estimate of drug-likeness (QED) is 0.911. The van der Waals surface area contributed by atoms with Crippen molar-refractivity contribution in [3.63, 3.8) is 0 Å². The van der Waals surface area contributed by atoms with Gasteiger partial charge in [0.25, 0.3) is 5.91 Å². The van der Waals surface area contributed by atoms with E-state index in [9.17, 15) is 4.79 Å². The molecule has 2 aliphatic heterocycles. The second-order valence-electron chi connectivity index (χ2n) is 5.81. The van der Waals surface area contributed by atoms with Gasteiger partial charge in [-0.15, -0.1) is 0 Å². The van der Waals surface area contributed by atoms with Crippen LogP contribution in [-0.2, 0) is 16.0 Å².